The molecule has 0 spiro atoms. The van der Waals surface area contributed by atoms with Crippen LogP contribution in [-0.4, -0.2) is 33.1 Å². The van der Waals surface area contributed by atoms with Gasteiger partial charge in [0.2, 0.25) is 0 Å². The van der Waals surface area contributed by atoms with Crippen LogP contribution in [0.4, 0.5) is 0 Å². The molecule has 1 aromatic heterocycles. The van der Waals surface area contributed by atoms with Gasteiger partial charge in [-0.05, 0) is 57.9 Å². The van der Waals surface area contributed by atoms with Crippen LogP contribution in [0, 0.1) is 6.92 Å². The lowest BCUT2D eigenvalue weighted by atomic mass is 10.2. The van der Waals surface area contributed by atoms with Crippen molar-refractivity contribution in [1.29, 1.82) is 0 Å². The molecule has 108 valence electrons. The van der Waals surface area contributed by atoms with E-state index in [0.717, 1.165) is 24.1 Å². The van der Waals surface area contributed by atoms with Gasteiger partial charge in [-0.15, -0.1) is 0 Å². The Balaban J connectivity index is 1.96. The van der Waals surface area contributed by atoms with Gasteiger partial charge in [0.25, 0.3) is 0 Å². The van der Waals surface area contributed by atoms with Crippen LogP contribution in [0.5, 0.6) is 0 Å². The lowest BCUT2D eigenvalue weighted by molar-refractivity contribution is 0.187. The molecule has 1 aliphatic heterocycles. The van der Waals surface area contributed by atoms with Crippen molar-refractivity contribution < 1.29 is 0 Å². The number of aryl methyl sites for hydroxylation is 1. The third kappa shape index (κ3) is 2.29. The fourth-order valence-corrected chi connectivity index (χ4v) is 3.39. The highest BCUT2D eigenvalue weighted by Gasteiger charge is 2.27. The van der Waals surface area contributed by atoms with Crippen molar-refractivity contribution in [2.24, 2.45) is 0 Å². The number of imidazole rings is 1. The summed E-state index contributed by atoms with van der Waals surface area (Å²) in [6, 6.07) is 7.16. The summed E-state index contributed by atoms with van der Waals surface area (Å²) < 4.78 is 1.91. The summed E-state index contributed by atoms with van der Waals surface area (Å²) >= 11 is 0. The first-order chi connectivity index (χ1) is 9.56. The maximum Gasteiger partial charge on any atom is 0.326 e. The SMILES string of the molecule is Cc1ccc2[nH]c(=O)n(CC3CCCN3C(C)C)c2c1. The fourth-order valence-electron chi connectivity index (χ4n) is 3.39. The zero-order valence-electron chi connectivity index (χ0n) is 12.5. The molecule has 3 rings (SSSR count). The van der Waals surface area contributed by atoms with Crippen LogP contribution in [0.1, 0.15) is 32.3 Å². The van der Waals surface area contributed by atoms with Crippen molar-refractivity contribution in [3.63, 3.8) is 0 Å². The minimum Gasteiger partial charge on any atom is -0.306 e. The van der Waals surface area contributed by atoms with Crippen LogP contribution >= 0.6 is 0 Å². The van der Waals surface area contributed by atoms with E-state index in [1.807, 2.05) is 16.7 Å². The van der Waals surface area contributed by atoms with Gasteiger partial charge in [0.15, 0.2) is 0 Å². The number of likely N-dealkylation sites (tertiary alicyclic amines) is 1. The highest BCUT2D eigenvalue weighted by Crippen LogP contribution is 2.22. The summed E-state index contributed by atoms with van der Waals surface area (Å²) in [6.45, 7) is 8.48. The van der Waals surface area contributed by atoms with E-state index in [0.29, 0.717) is 12.1 Å². The standard InChI is InChI=1S/C16H23N3O/c1-11(2)18-8-4-5-13(18)10-19-15-9-12(3)6-7-14(15)17-16(19)20/h6-7,9,11,13H,4-5,8,10H2,1-3H3,(H,17,20). The Hall–Kier alpha value is -1.55. The summed E-state index contributed by atoms with van der Waals surface area (Å²) in [5, 5.41) is 0. The summed E-state index contributed by atoms with van der Waals surface area (Å²) in [4.78, 5) is 17.7. The van der Waals surface area contributed by atoms with Gasteiger partial charge in [-0.2, -0.15) is 0 Å². The molecule has 1 saturated heterocycles. The van der Waals surface area contributed by atoms with E-state index in [2.05, 4.69) is 36.7 Å². The molecule has 0 bridgehead atoms. The second-order valence-corrected chi connectivity index (χ2v) is 6.19. The van der Waals surface area contributed by atoms with Crippen LogP contribution in [0.25, 0.3) is 11.0 Å². The van der Waals surface area contributed by atoms with Gasteiger partial charge in [0.05, 0.1) is 11.0 Å². The number of benzene rings is 1. The molecular weight excluding hydrogens is 250 g/mol. The molecule has 4 nitrogen and oxygen atoms in total. The maximum atomic E-state index is 12.2. The molecule has 0 radical (unpaired) electrons. The molecule has 1 N–H and O–H groups in total. The lowest BCUT2D eigenvalue weighted by Gasteiger charge is -2.28. The van der Waals surface area contributed by atoms with Crippen LogP contribution in [0.3, 0.4) is 0 Å². The van der Waals surface area contributed by atoms with E-state index in [-0.39, 0.29) is 5.69 Å². The Morgan fingerprint density at radius 2 is 2.20 bits per heavy atom. The van der Waals surface area contributed by atoms with E-state index in [1.54, 1.807) is 0 Å². The molecule has 1 unspecified atom stereocenters. The number of H-pyrrole nitrogens is 1. The minimum atomic E-state index is 0.0150. The number of hydrogen-bond donors (Lipinski definition) is 1. The molecule has 2 heterocycles. The highest BCUT2D eigenvalue weighted by molar-refractivity contribution is 5.75. The van der Waals surface area contributed by atoms with Crippen molar-refractivity contribution in [2.45, 2.75) is 52.2 Å². The van der Waals surface area contributed by atoms with Gasteiger partial charge in [-0.3, -0.25) is 9.47 Å². The molecule has 20 heavy (non-hydrogen) atoms. The first kappa shape index (κ1) is 13.4. The van der Waals surface area contributed by atoms with E-state index >= 15 is 0 Å². The zero-order chi connectivity index (χ0) is 14.3. The minimum absolute atomic E-state index is 0.0150. The highest BCUT2D eigenvalue weighted by atomic mass is 16.1. The Kier molecular flexibility index (Phi) is 3.42. The Bertz CT molecular complexity index is 668. The number of aromatic nitrogens is 2. The Morgan fingerprint density at radius 3 is 2.95 bits per heavy atom. The average molecular weight is 273 g/mol. The molecule has 1 fully saturated rings. The number of nitrogens with one attached hydrogen (secondary N) is 1. The van der Waals surface area contributed by atoms with Gasteiger partial charge in [0, 0.05) is 18.6 Å². The maximum absolute atomic E-state index is 12.2. The number of nitrogens with zero attached hydrogens (tertiary/aromatic N) is 2. The molecule has 1 atom stereocenters. The summed E-state index contributed by atoms with van der Waals surface area (Å²) in [5.74, 6) is 0. The van der Waals surface area contributed by atoms with Gasteiger partial charge >= 0.3 is 5.69 Å². The largest absolute Gasteiger partial charge is 0.326 e. The van der Waals surface area contributed by atoms with Crippen molar-refractivity contribution in [3.8, 4) is 0 Å². The Labute approximate surface area is 119 Å². The first-order valence-corrected chi connectivity index (χ1v) is 7.51. The summed E-state index contributed by atoms with van der Waals surface area (Å²) in [7, 11) is 0. The average Bonchev–Trinajstić information content (AvgIpc) is 2.96. The van der Waals surface area contributed by atoms with Crippen LogP contribution in [-0.2, 0) is 6.54 Å². The Morgan fingerprint density at radius 1 is 1.40 bits per heavy atom. The van der Waals surface area contributed by atoms with Gasteiger partial charge in [-0.1, -0.05) is 6.07 Å². The van der Waals surface area contributed by atoms with E-state index < -0.39 is 0 Å². The normalized spacial score (nSPS) is 20.3. The number of rotatable bonds is 3. The van der Waals surface area contributed by atoms with Crippen LogP contribution < -0.4 is 5.69 Å². The lowest BCUT2D eigenvalue weighted by Crippen LogP contribution is -2.39. The van der Waals surface area contributed by atoms with Crippen molar-refractivity contribution in [2.75, 3.05) is 6.54 Å². The predicted octanol–water partition coefficient (Wildman–Crippen LogP) is 2.51. The topological polar surface area (TPSA) is 41.0 Å². The van der Waals surface area contributed by atoms with E-state index in [9.17, 15) is 4.79 Å². The predicted molar refractivity (Wildman–Crippen MR) is 82.2 cm³/mol. The second-order valence-electron chi connectivity index (χ2n) is 6.19. The molecule has 0 saturated carbocycles. The fraction of sp³-hybridized carbons (Fsp3) is 0.562. The van der Waals surface area contributed by atoms with Crippen LogP contribution in [0.15, 0.2) is 23.0 Å². The smallest absolute Gasteiger partial charge is 0.306 e. The monoisotopic (exact) mass is 273 g/mol. The van der Waals surface area contributed by atoms with Crippen molar-refractivity contribution in [1.82, 2.24) is 14.5 Å². The molecule has 0 amide bonds. The van der Waals surface area contributed by atoms with Crippen molar-refractivity contribution >= 4 is 11.0 Å². The van der Waals surface area contributed by atoms with Gasteiger partial charge in [-0.25, -0.2) is 4.79 Å². The zero-order valence-corrected chi connectivity index (χ0v) is 12.5. The van der Waals surface area contributed by atoms with Gasteiger partial charge < -0.3 is 4.98 Å². The molecule has 1 aliphatic rings. The molecule has 1 aromatic carbocycles. The number of fused-ring (bicyclic) bond motifs is 1. The third-order valence-corrected chi connectivity index (χ3v) is 4.41. The molecule has 0 aliphatic carbocycles. The molecule has 2 aromatic rings. The van der Waals surface area contributed by atoms with Crippen LogP contribution in [0.2, 0.25) is 0 Å². The summed E-state index contributed by atoms with van der Waals surface area (Å²) in [6.07, 6.45) is 2.42. The van der Waals surface area contributed by atoms with E-state index in [1.165, 1.54) is 18.4 Å². The van der Waals surface area contributed by atoms with Crippen molar-refractivity contribution in [3.05, 3.63) is 34.2 Å². The van der Waals surface area contributed by atoms with Gasteiger partial charge in [0.1, 0.15) is 0 Å². The molecular formula is C16H23N3O. The number of hydrogen-bond acceptors (Lipinski definition) is 2. The molecule has 4 heteroatoms. The second kappa shape index (κ2) is 5.09. The summed E-state index contributed by atoms with van der Waals surface area (Å²) in [5.41, 5.74) is 3.18. The third-order valence-electron chi connectivity index (χ3n) is 4.41. The quantitative estimate of drug-likeness (QED) is 0.933. The first-order valence-electron chi connectivity index (χ1n) is 7.51. The van der Waals surface area contributed by atoms with E-state index in [4.69, 9.17) is 0 Å². The number of aromatic amines is 1.